The van der Waals surface area contributed by atoms with E-state index in [1.807, 2.05) is 31.2 Å². The average molecular weight is 359 g/mol. The van der Waals surface area contributed by atoms with Crippen LogP contribution < -0.4 is 15.4 Å². The fourth-order valence-electron chi connectivity index (χ4n) is 3.21. The molecule has 2 N–H and O–H groups in total. The summed E-state index contributed by atoms with van der Waals surface area (Å²) in [5.74, 6) is 0.804. The molecule has 1 aromatic heterocycles. The monoisotopic (exact) mass is 359 g/mol. The molecular weight excluding hydrogens is 334 g/mol. The number of hydrogen-bond acceptors (Lipinski definition) is 5. The van der Waals surface area contributed by atoms with Gasteiger partial charge in [0.25, 0.3) is 5.91 Å². The van der Waals surface area contributed by atoms with E-state index in [1.165, 1.54) is 37.0 Å². The molecule has 0 bridgehead atoms. The Morgan fingerprint density at radius 2 is 2.08 bits per heavy atom. The van der Waals surface area contributed by atoms with Crippen molar-refractivity contribution in [3.8, 4) is 5.75 Å². The molecule has 0 spiro atoms. The fourth-order valence-corrected chi connectivity index (χ4v) is 4.17. The number of carbonyl (C=O) groups excluding carboxylic acids is 1. The van der Waals surface area contributed by atoms with Crippen LogP contribution in [0.5, 0.6) is 5.75 Å². The summed E-state index contributed by atoms with van der Waals surface area (Å²) in [5, 5.41) is 7.32. The first kappa shape index (κ1) is 17.7. The second-order valence-corrected chi connectivity index (χ2v) is 7.38. The molecule has 0 atom stereocenters. The number of hydrogen-bond donors (Lipinski definition) is 2. The molecule has 0 saturated heterocycles. The minimum Gasteiger partial charge on any atom is -0.496 e. The lowest BCUT2D eigenvalue weighted by Crippen LogP contribution is -2.25. The molecule has 0 aliphatic heterocycles. The number of rotatable bonds is 7. The number of nitrogens with one attached hydrogen (secondary N) is 2. The molecule has 0 radical (unpaired) electrons. The van der Waals surface area contributed by atoms with Gasteiger partial charge in [-0.3, -0.25) is 4.79 Å². The zero-order valence-electron chi connectivity index (χ0n) is 14.8. The van der Waals surface area contributed by atoms with Crippen molar-refractivity contribution in [2.75, 3.05) is 19.0 Å². The Morgan fingerprint density at radius 3 is 2.84 bits per heavy atom. The van der Waals surface area contributed by atoms with Crippen LogP contribution in [0.2, 0.25) is 0 Å². The van der Waals surface area contributed by atoms with Crippen molar-refractivity contribution in [2.24, 2.45) is 0 Å². The van der Waals surface area contributed by atoms with Crippen LogP contribution in [-0.2, 0) is 6.42 Å². The van der Waals surface area contributed by atoms with Crippen molar-refractivity contribution in [1.29, 1.82) is 0 Å². The summed E-state index contributed by atoms with van der Waals surface area (Å²) >= 11 is 1.45. The summed E-state index contributed by atoms with van der Waals surface area (Å²) in [7, 11) is 1.66. The molecule has 2 aromatic rings. The Bertz CT molecular complexity index is 723. The van der Waals surface area contributed by atoms with Crippen molar-refractivity contribution in [3.63, 3.8) is 0 Å². The second-order valence-electron chi connectivity index (χ2n) is 6.38. The van der Waals surface area contributed by atoms with Crippen LogP contribution in [0.4, 0.5) is 5.13 Å². The molecule has 1 saturated carbocycles. The van der Waals surface area contributed by atoms with Crippen molar-refractivity contribution in [2.45, 2.75) is 45.1 Å². The van der Waals surface area contributed by atoms with Gasteiger partial charge in [-0.1, -0.05) is 42.4 Å². The first-order valence-electron chi connectivity index (χ1n) is 8.81. The Labute approximate surface area is 152 Å². The number of thiazole rings is 1. The van der Waals surface area contributed by atoms with E-state index >= 15 is 0 Å². The molecule has 134 valence electrons. The lowest BCUT2D eigenvalue weighted by molar-refractivity contribution is 0.0957. The number of aryl methyl sites for hydroxylation is 1. The molecule has 25 heavy (non-hydrogen) atoms. The number of nitrogens with zero attached hydrogens (tertiary/aromatic N) is 1. The number of anilines is 1. The SMILES string of the molecule is COc1ccccc1CCNC(=O)c1sc(NC2CCCC2)nc1C. The van der Waals surface area contributed by atoms with E-state index in [4.69, 9.17) is 4.74 Å². The Hall–Kier alpha value is -2.08. The van der Waals surface area contributed by atoms with E-state index in [0.29, 0.717) is 17.5 Å². The standard InChI is InChI=1S/C19H25N3O2S/c1-13-17(25-19(21-13)22-15-8-4-5-9-15)18(23)20-12-11-14-7-3-6-10-16(14)24-2/h3,6-7,10,15H,4-5,8-9,11-12H2,1-2H3,(H,20,23)(H,21,22). The summed E-state index contributed by atoms with van der Waals surface area (Å²) in [4.78, 5) is 17.7. The largest absolute Gasteiger partial charge is 0.496 e. The van der Waals surface area contributed by atoms with Gasteiger partial charge in [-0.2, -0.15) is 0 Å². The summed E-state index contributed by atoms with van der Waals surface area (Å²) in [5.41, 5.74) is 1.88. The van der Waals surface area contributed by atoms with Gasteiger partial charge < -0.3 is 15.4 Å². The third-order valence-electron chi connectivity index (χ3n) is 4.56. The molecule has 5 nitrogen and oxygen atoms in total. The van der Waals surface area contributed by atoms with Crippen LogP contribution in [0, 0.1) is 6.92 Å². The highest BCUT2D eigenvalue weighted by Gasteiger charge is 2.19. The molecule has 1 aromatic carbocycles. The maximum atomic E-state index is 12.5. The smallest absolute Gasteiger partial charge is 0.263 e. The summed E-state index contributed by atoms with van der Waals surface area (Å²) in [6.07, 6.45) is 5.68. The zero-order chi connectivity index (χ0) is 17.6. The molecule has 6 heteroatoms. The first-order chi connectivity index (χ1) is 12.2. The van der Waals surface area contributed by atoms with Gasteiger partial charge in [0.15, 0.2) is 5.13 Å². The molecule has 1 aliphatic rings. The van der Waals surface area contributed by atoms with Crippen molar-refractivity contribution >= 4 is 22.4 Å². The van der Waals surface area contributed by atoms with Crippen molar-refractivity contribution in [3.05, 3.63) is 40.4 Å². The summed E-state index contributed by atoms with van der Waals surface area (Å²) < 4.78 is 5.34. The van der Waals surface area contributed by atoms with Crippen LogP contribution in [-0.4, -0.2) is 30.6 Å². The maximum absolute atomic E-state index is 12.5. The highest BCUT2D eigenvalue weighted by molar-refractivity contribution is 7.17. The second kappa shape index (κ2) is 8.34. The van der Waals surface area contributed by atoms with Gasteiger partial charge in [0.2, 0.25) is 0 Å². The Kier molecular flexibility index (Phi) is 5.91. The Morgan fingerprint density at radius 1 is 1.32 bits per heavy atom. The summed E-state index contributed by atoms with van der Waals surface area (Å²) in [6.45, 7) is 2.47. The van der Waals surface area contributed by atoms with Gasteiger partial charge in [-0.25, -0.2) is 4.98 Å². The van der Waals surface area contributed by atoms with E-state index in [2.05, 4.69) is 15.6 Å². The van der Waals surface area contributed by atoms with Gasteiger partial charge in [0.05, 0.1) is 12.8 Å². The molecular formula is C19H25N3O2S. The summed E-state index contributed by atoms with van der Waals surface area (Å²) in [6, 6.07) is 8.39. The first-order valence-corrected chi connectivity index (χ1v) is 9.63. The molecule has 1 amide bonds. The highest BCUT2D eigenvalue weighted by atomic mass is 32.1. The van der Waals surface area contributed by atoms with Gasteiger partial charge in [0, 0.05) is 12.6 Å². The molecule has 1 heterocycles. The third kappa shape index (κ3) is 4.51. The minimum atomic E-state index is -0.0515. The van der Waals surface area contributed by atoms with Crippen LogP contribution in [0.1, 0.15) is 46.6 Å². The number of ether oxygens (including phenoxy) is 1. The highest BCUT2D eigenvalue weighted by Crippen LogP contribution is 2.27. The molecule has 1 fully saturated rings. The molecule has 0 unspecified atom stereocenters. The van der Waals surface area contributed by atoms with E-state index in [0.717, 1.165) is 28.6 Å². The predicted molar refractivity (Wildman–Crippen MR) is 102 cm³/mol. The molecule has 1 aliphatic carbocycles. The number of carbonyl (C=O) groups is 1. The lowest BCUT2D eigenvalue weighted by Gasteiger charge is -2.09. The number of aromatic nitrogens is 1. The number of benzene rings is 1. The third-order valence-corrected chi connectivity index (χ3v) is 5.65. The zero-order valence-corrected chi connectivity index (χ0v) is 15.6. The Balaban J connectivity index is 1.55. The quantitative estimate of drug-likeness (QED) is 0.789. The van der Waals surface area contributed by atoms with E-state index < -0.39 is 0 Å². The van der Waals surface area contributed by atoms with Gasteiger partial charge in [-0.15, -0.1) is 0 Å². The van der Waals surface area contributed by atoms with Crippen LogP contribution in [0.25, 0.3) is 0 Å². The topological polar surface area (TPSA) is 63.2 Å². The van der Waals surface area contributed by atoms with E-state index in [1.54, 1.807) is 7.11 Å². The van der Waals surface area contributed by atoms with E-state index in [9.17, 15) is 4.79 Å². The predicted octanol–water partition coefficient (Wildman–Crippen LogP) is 3.79. The van der Waals surface area contributed by atoms with E-state index in [-0.39, 0.29) is 5.91 Å². The lowest BCUT2D eigenvalue weighted by atomic mass is 10.1. The van der Waals surface area contributed by atoms with Crippen LogP contribution in [0.15, 0.2) is 24.3 Å². The van der Waals surface area contributed by atoms with Crippen LogP contribution >= 0.6 is 11.3 Å². The fraction of sp³-hybridized carbons (Fsp3) is 0.474. The van der Waals surface area contributed by atoms with Crippen LogP contribution in [0.3, 0.4) is 0 Å². The minimum absolute atomic E-state index is 0.0515. The average Bonchev–Trinajstić information content (AvgIpc) is 3.25. The number of para-hydroxylation sites is 1. The number of methoxy groups -OCH3 is 1. The van der Waals surface area contributed by atoms with Gasteiger partial charge in [0.1, 0.15) is 10.6 Å². The van der Waals surface area contributed by atoms with Gasteiger partial charge in [-0.05, 0) is 37.8 Å². The number of amides is 1. The van der Waals surface area contributed by atoms with Crippen molar-refractivity contribution < 1.29 is 9.53 Å². The maximum Gasteiger partial charge on any atom is 0.263 e. The van der Waals surface area contributed by atoms with Crippen molar-refractivity contribution in [1.82, 2.24) is 10.3 Å². The normalized spacial score (nSPS) is 14.5. The van der Waals surface area contributed by atoms with Gasteiger partial charge >= 0.3 is 0 Å². The molecule has 3 rings (SSSR count).